The summed E-state index contributed by atoms with van der Waals surface area (Å²) in [5.74, 6) is 0.161. The predicted molar refractivity (Wildman–Crippen MR) is 77.6 cm³/mol. The van der Waals surface area contributed by atoms with E-state index in [-0.39, 0.29) is 11.9 Å². The zero-order chi connectivity index (χ0) is 14.5. The summed E-state index contributed by atoms with van der Waals surface area (Å²) in [6.07, 6.45) is 1.66. The lowest BCUT2D eigenvalue weighted by Gasteiger charge is -2.19. The van der Waals surface area contributed by atoms with Gasteiger partial charge in [0.25, 0.3) is 0 Å². The molecule has 0 aliphatic carbocycles. The minimum Gasteiger partial charge on any atom is -0.481 e. The fraction of sp³-hybridized carbons (Fsp3) is 0.214. The van der Waals surface area contributed by atoms with Crippen LogP contribution in [-0.2, 0) is 0 Å². The molecule has 2 rings (SSSR count). The van der Waals surface area contributed by atoms with Crippen LogP contribution < -0.4 is 15.8 Å². The number of hydrogen-bond acceptors (Lipinski definition) is 4. The van der Waals surface area contributed by atoms with E-state index in [1.165, 1.54) is 18.2 Å². The zero-order valence-corrected chi connectivity index (χ0v) is 11.7. The molecule has 0 amide bonds. The predicted octanol–water partition coefficient (Wildman–Crippen LogP) is 2.99. The van der Waals surface area contributed by atoms with Gasteiger partial charge in [-0.1, -0.05) is 17.7 Å². The van der Waals surface area contributed by atoms with Gasteiger partial charge in [-0.25, -0.2) is 9.37 Å². The monoisotopic (exact) mass is 295 g/mol. The maximum Gasteiger partial charge on any atom is 0.212 e. The highest BCUT2D eigenvalue weighted by atomic mass is 35.5. The Morgan fingerprint density at radius 3 is 2.80 bits per heavy atom. The molecule has 0 aliphatic rings. The van der Waals surface area contributed by atoms with Crippen molar-refractivity contribution >= 4 is 17.3 Å². The highest BCUT2D eigenvalue weighted by molar-refractivity contribution is 6.33. The fourth-order valence-electron chi connectivity index (χ4n) is 1.79. The molecule has 1 heterocycles. The van der Waals surface area contributed by atoms with Crippen molar-refractivity contribution in [3.05, 3.63) is 52.9 Å². The Morgan fingerprint density at radius 1 is 1.40 bits per heavy atom. The quantitative estimate of drug-likeness (QED) is 0.890. The number of hydrogen-bond donors (Lipinski definition) is 2. The highest BCUT2D eigenvalue weighted by Crippen LogP contribution is 2.27. The van der Waals surface area contributed by atoms with Gasteiger partial charge in [0.15, 0.2) is 0 Å². The number of ether oxygens (including phenoxy) is 1. The molecule has 0 radical (unpaired) electrons. The third kappa shape index (κ3) is 3.37. The molecular formula is C14H15ClFN3O. The number of aromatic nitrogens is 1. The van der Waals surface area contributed by atoms with E-state index < -0.39 is 0 Å². The second-order valence-electron chi connectivity index (χ2n) is 4.19. The topological polar surface area (TPSA) is 60.2 Å². The number of pyridine rings is 1. The van der Waals surface area contributed by atoms with Crippen LogP contribution in [0, 0.1) is 5.82 Å². The lowest BCUT2D eigenvalue weighted by atomic mass is 10.1. The van der Waals surface area contributed by atoms with E-state index in [4.69, 9.17) is 22.1 Å². The van der Waals surface area contributed by atoms with Crippen LogP contribution in [0.2, 0.25) is 5.02 Å². The van der Waals surface area contributed by atoms with Crippen molar-refractivity contribution in [2.24, 2.45) is 5.73 Å². The Balaban J connectivity index is 2.21. The molecular weight excluding hydrogens is 281 g/mol. The molecule has 1 atom stereocenters. The number of nitrogens with zero attached hydrogens (tertiary/aromatic N) is 1. The summed E-state index contributed by atoms with van der Waals surface area (Å²) in [6.45, 7) is 0.320. The maximum atomic E-state index is 13.2. The zero-order valence-electron chi connectivity index (χ0n) is 10.9. The molecule has 1 unspecified atom stereocenters. The van der Waals surface area contributed by atoms with Crippen LogP contribution >= 0.6 is 11.6 Å². The molecule has 106 valence electrons. The van der Waals surface area contributed by atoms with Gasteiger partial charge in [0.05, 0.1) is 23.9 Å². The molecule has 20 heavy (non-hydrogen) atoms. The van der Waals surface area contributed by atoms with E-state index in [0.717, 1.165) is 5.56 Å². The van der Waals surface area contributed by atoms with E-state index in [0.29, 0.717) is 23.1 Å². The van der Waals surface area contributed by atoms with Crippen molar-refractivity contribution < 1.29 is 9.13 Å². The molecule has 0 spiro atoms. The SMILES string of the molecule is COc1ccc(C(CN)Nc2cc(F)ccc2Cl)cn1. The molecule has 2 aromatic rings. The molecule has 1 aromatic carbocycles. The molecule has 0 bridgehead atoms. The summed E-state index contributed by atoms with van der Waals surface area (Å²) < 4.78 is 18.2. The van der Waals surface area contributed by atoms with Crippen LogP contribution in [0.1, 0.15) is 11.6 Å². The third-order valence-corrected chi connectivity index (χ3v) is 3.19. The lowest BCUT2D eigenvalue weighted by Crippen LogP contribution is -2.21. The number of methoxy groups -OCH3 is 1. The van der Waals surface area contributed by atoms with Gasteiger partial charge in [-0.2, -0.15) is 0 Å². The largest absolute Gasteiger partial charge is 0.481 e. The average molecular weight is 296 g/mol. The Bertz CT molecular complexity index is 577. The van der Waals surface area contributed by atoms with Crippen LogP contribution in [0.15, 0.2) is 36.5 Å². The Hall–Kier alpha value is -1.85. The summed E-state index contributed by atoms with van der Waals surface area (Å²) in [6, 6.07) is 7.52. The fourth-order valence-corrected chi connectivity index (χ4v) is 1.96. The number of nitrogens with two attached hydrogens (primary N) is 1. The molecule has 0 saturated heterocycles. The number of halogens is 2. The van der Waals surface area contributed by atoms with Gasteiger partial charge >= 0.3 is 0 Å². The van der Waals surface area contributed by atoms with Gasteiger partial charge in [-0.05, 0) is 23.8 Å². The average Bonchev–Trinajstić information content (AvgIpc) is 2.48. The van der Waals surface area contributed by atoms with Crippen molar-refractivity contribution in [1.29, 1.82) is 0 Å². The summed E-state index contributed by atoms with van der Waals surface area (Å²) in [4.78, 5) is 4.12. The Kier molecular flexibility index (Phi) is 4.76. The molecule has 0 fully saturated rings. The first-order valence-corrected chi connectivity index (χ1v) is 6.43. The van der Waals surface area contributed by atoms with E-state index in [1.54, 1.807) is 19.4 Å². The molecule has 3 N–H and O–H groups in total. The first-order chi connectivity index (χ1) is 9.63. The second kappa shape index (κ2) is 6.54. The van der Waals surface area contributed by atoms with Crippen LogP contribution in [0.3, 0.4) is 0 Å². The smallest absolute Gasteiger partial charge is 0.212 e. The van der Waals surface area contributed by atoms with Crippen LogP contribution in [-0.4, -0.2) is 18.6 Å². The van der Waals surface area contributed by atoms with Crippen LogP contribution in [0.25, 0.3) is 0 Å². The lowest BCUT2D eigenvalue weighted by molar-refractivity contribution is 0.397. The van der Waals surface area contributed by atoms with Crippen LogP contribution in [0.4, 0.5) is 10.1 Å². The molecule has 6 heteroatoms. The van der Waals surface area contributed by atoms with Gasteiger partial charge in [-0.15, -0.1) is 0 Å². The second-order valence-corrected chi connectivity index (χ2v) is 4.60. The van der Waals surface area contributed by atoms with Gasteiger partial charge < -0.3 is 15.8 Å². The minimum absolute atomic E-state index is 0.215. The maximum absolute atomic E-state index is 13.2. The van der Waals surface area contributed by atoms with E-state index in [2.05, 4.69) is 10.3 Å². The van der Waals surface area contributed by atoms with Crippen molar-refractivity contribution in [2.75, 3.05) is 19.0 Å². The molecule has 0 saturated carbocycles. The summed E-state index contributed by atoms with van der Waals surface area (Å²) in [7, 11) is 1.55. The normalized spacial score (nSPS) is 12.0. The third-order valence-electron chi connectivity index (χ3n) is 2.86. The van der Waals surface area contributed by atoms with Gasteiger partial charge in [0.2, 0.25) is 5.88 Å². The Morgan fingerprint density at radius 2 is 2.20 bits per heavy atom. The molecule has 0 aliphatic heterocycles. The summed E-state index contributed by atoms with van der Waals surface area (Å²) in [5, 5.41) is 3.55. The number of anilines is 1. The Labute approximate surface area is 121 Å². The first kappa shape index (κ1) is 14.6. The summed E-state index contributed by atoms with van der Waals surface area (Å²) in [5.41, 5.74) is 7.12. The highest BCUT2D eigenvalue weighted by Gasteiger charge is 2.12. The van der Waals surface area contributed by atoms with E-state index >= 15 is 0 Å². The van der Waals surface area contributed by atoms with Gasteiger partial charge in [0.1, 0.15) is 5.82 Å². The molecule has 1 aromatic heterocycles. The standard InChI is InChI=1S/C14H15ClFN3O/c1-20-14-5-2-9(8-18-14)13(7-17)19-12-6-10(16)3-4-11(12)15/h2-6,8,13,19H,7,17H2,1H3. The van der Waals surface area contributed by atoms with Crippen molar-refractivity contribution in [1.82, 2.24) is 4.98 Å². The number of benzene rings is 1. The van der Waals surface area contributed by atoms with Crippen molar-refractivity contribution in [2.45, 2.75) is 6.04 Å². The van der Waals surface area contributed by atoms with Crippen LogP contribution in [0.5, 0.6) is 5.88 Å². The minimum atomic E-state index is -0.361. The van der Waals surface area contributed by atoms with E-state index in [1.807, 2.05) is 6.07 Å². The van der Waals surface area contributed by atoms with Gasteiger partial charge in [0, 0.05) is 18.8 Å². The number of nitrogens with one attached hydrogen (secondary N) is 1. The number of rotatable bonds is 5. The van der Waals surface area contributed by atoms with E-state index in [9.17, 15) is 4.39 Å². The first-order valence-electron chi connectivity index (χ1n) is 6.05. The van der Waals surface area contributed by atoms with Gasteiger partial charge in [-0.3, -0.25) is 0 Å². The summed E-state index contributed by atoms with van der Waals surface area (Å²) >= 11 is 6.03. The van der Waals surface area contributed by atoms with Crippen molar-refractivity contribution in [3.63, 3.8) is 0 Å². The molecule has 4 nitrogen and oxygen atoms in total. The van der Waals surface area contributed by atoms with Crippen molar-refractivity contribution in [3.8, 4) is 5.88 Å².